The van der Waals surface area contributed by atoms with Crippen LogP contribution in [0, 0.1) is 21.7 Å². The summed E-state index contributed by atoms with van der Waals surface area (Å²) in [6.07, 6.45) is 0. The van der Waals surface area contributed by atoms with Crippen molar-refractivity contribution in [3.63, 3.8) is 0 Å². The first-order valence-electron chi connectivity index (χ1n) is 9.03. The van der Waals surface area contributed by atoms with Gasteiger partial charge in [0, 0.05) is 11.8 Å². The number of hydrogen-bond acceptors (Lipinski definition) is 6. The van der Waals surface area contributed by atoms with Crippen LogP contribution in [-0.4, -0.2) is 22.4 Å². The number of amides is 1. The Balaban J connectivity index is 1.49. The first-order valence-corrected chi connectivity index (χ1v) is 9.41. The van der Waals surface area contributed by atoms with Crippen LogP contribution in [-0.2, 0) is 4.79 Å². The lowest BCUT2D eigenvalue weighted by Gasteiger charge is -2.07. The van der Waals surface area contributed by atoms with Gasteiger partial charge in [0.25, 0.3) is 5.91 Å². The summed E-state index contributed by atoms with van der Waals surface area (Å²) in [6.45, 7) is -0.461. The first-order chi connectivity index (χ1) is 15.3. The second-order valence-electron chi connectivity index (χ2n) is 6.51. The van der Waals surface area contributed by atoms with Gasteiger partial charge in [-0.1, -0.05) is 23.7 Å². The zero-order valence-electron chi connectivity index (χ0n) is 16.0. The Morgan fingerprint density at radius 3 is 2.69 bits per heavy atom. The third-order valence-electron chi connectivity index (χ3n) is 4.33. The molecule has 1 heterocycles. The number of carbonyl (C=O) groups is 1. The standard InChI is InChI=1S/C21H12ClF2N3O5/c22-13-9-15(24)14(23)8-12(13)21-26-16-7-11(5-6-18(16)32-21)25-20(28)10-31-19-4-2-1-3-17(19)27(29)30/h1-9H,10H2,(H,25,28). The molecule has 0 spiro atoms. The zero-order chi connectivity index (χ0) is 22.8. The highest BCUT2D eigenvalue weighted by Crippen LogP contribution is 2.32. The van der Waals surface area contributed by atoms with Crippen LogP contribution in [0.1, 0.15) is 0 Å². The molecule has 0 aliphatic rings. The summed E-state index contributed by atoms with van der Waals surface area (Å²) >= 11 is 5.96. The molecule has 0 aliphatic heterocycles. The number of ether oxygens (including phenoxy) is 1. The van der Waals surface area contributed by atoms with Gasteiger partial charge in [-0.05, 0) is 36.4 Å². The number of halogens is 3. The van der Waals surface area contributed by atoms with Gasteiger partial charge < -0.3 is 14.5 Å². The molecule has 3 aromatic carbocycles. The minimum absolute atomic E-state index is 0.0212. The quantitative estimate of drug-likeness (QED) is 0.236. The van der Waals surface area contributed by atoms with Crippen LogP contribution in [0.3, 0.4) is 0 Å². The van der Waals surface area contributed by atoms with Crippen LogP contribution in [0.4, 0.5) is 20.2 Å². The van der Waals surface area contributed by atoms with Gasteiger partial charge in [-0.15, -0.1) is 0 Å². The molecule has 32 heavy (non-hydrogen) atoms. The van der Waals surface area contributed by atoms with Gasteiger partial charge >= 0.3 is 5.69 Å². The molecule has 11 heteroatoms. The molecular formula is C21H12ClF2N3O5. The van der Waals surface area contributed by atoms with Crippen molar-refractivity contribution >= 4 is 40.0 Å². The summed E-state index contributed by atoms with van der Waals surface area (Å²) in [6, 6.07) is 12.0. The Bertz CT molecular complexity index is 1360. The number of para-hydroxylation sites is 2. The Hall–Kier alpha value is -4.05. The molecule has 0 atom stereocenters. The molecule has 1 N–H and O–H groups in total. The van der Waals surface area contributed by atoms with E-state index in [1.807, 2.05) is 0 Å². The maximum atomic E-state index is 13.6. The zero-order valence-corrected chi connectivity index (χ0v) is 16.7. The maximum Gasteiger partial charge on any atom is 0.310 e. The van der Waals surface area contributed by atoms with Crippen LogP contribution in [0.2, 0.25) is 5.02 Å². The van der Waals surface area contributed by atoms with Gasteiger partial charge in [0.05, 0.1) is 15.5 Å². The molecule has 162 valence electrons. The van der Waals surface area contributed by atoms with E-state index in [1.54, 1.807) is 6.07 Å². The van der Waals surface area contributed by atoms with Gasteiger partial charge in [-0.3, -0.25) is 14.9 Å². The highest BCUT2D eigenvalue weighted by molar-refractivity contribution is 6.33. The van der Waals surface area contributed by atoms with Crippen molar-refractivity contribution in [1.82, 2.24) is 4.98 Å². The minimum atomic E-state index is -1.10. The summed E-state index contributed by atoms with van der Waals surface area (Å²) < 4.78 is 37.7. The highest BCUT2D eigenvalue weighted by Gasteiger charge is 2.17. The Labute approximate surface area is 183 Å². The number of carbonyl (C=O) groups excluding carboxylic acids is 1. The molecule has 0 radical (unpaired) electrons. The summed E-state index contributed by atoms with van der Waals surface area (Å²) in [5, 5.41) is 13.5. The van der Waals surface area contributed by atoms with Gasteiger partial charge in [0.15, 0.2) is 29.6 Å². The van der Waals surface area contributed by atoms with Crippen molar-refractivity contribution < 1.29 is 27.7 Å². The van der Waals surface area contributed by atoms with Crippen LogP contribution >= 0.6 is 11.6 Å². The minimum Gasteiger partial charge on any atom is -0.477 e. The van der Waals surface area contributed by atoms with Crippen LogP contribution in [0.15, 0.2) is 59.0 Å². The van der Waals surface area contributed by atoms with E-state index < -0.39 is 29.1 Å². The van der Waals surface area contributed by atoms with E-state index in [4.69, 9.17) is 20.8 Å². The molecule has 8 nitrogen and oxygen atoms in total. The number of fused-ring (bicyclic) bond motifs is 1. The fourth-order valence-corrected chi connectivity index (χ4v) is 3.11. The van der Waals surface area contributed by atoms with E-state index in [0.717, 1.165) is 12.1 Å². The molecule has 0 fully saturated rings. The van der Waals surface area contributed by atoms with Crippen molar-refractivity contribution in [3.05, 3.63) is 81.4 Å². The molecule has 0 aliphatic carbocycles. The number of oxazole rings is 1. The SMILES string of the molecule is O=C(COc1ccccc1[N+](=O)[O-])Nc1ccc2oc(-c3cc(F)c(F)cc3Cl)nc2c1. The predicted octanol–water partition coefficient (Wildman–Crippen LogP) is 5.35. The Morgan fingerprint density at radius 1 is 1.16 bits per heavy atom. The van der Waals surface area contributed by atoms with E-state index in [9.17, 15) is 23.7 Å². The lowest BCUT2D eigenvalue weighted by Crippen LogP contribution is -2.20. The molecule has 0 bridgehead atoms. The number of nitro groups is 1. The van der Waals surface area contributed by atoms with Gasteiger partial charge in [0.2, 0.25) is 5.89 Å². The number of nitrogens with one attached hydrogen (secondary N) is 1. The number of aromatic nitrogens is 1. The number of nitrogens with zero attached hydrogens (tertiary/aromatic N) is 2. The van der Waals surface area contributed by atoms with E-state index in [-0.39, 0.29) is 27.9 Å². The summed E-state index contributed by atoms with van der Waals surface area (Å²) in [4.78, 5) is 26.8. The average molecular weight is 460 g/mol. The van der Waals surface area contributed by atoms with Crippen molar-refractivity contribution in [3.8, 4) is 17.2 Å². The molecular weight excluding hydrogens is 448 g/mol. The van der Waals surface area contributed by atoms with Crippen molar-refractivity contribution in [2.45, 2.75) is 0 Å². The molecule has 1 aromatic heterocycles. The number of rotatable bonds is 6. The van der Waals surface area contributed by atoms with E-state index >= 15 is 0 Å². The predicted molar refractivity (Wildman–Crippen MR) is 112 cm³/mol. The second kappa shape index (κ2) is 8.60. The van der Waals surface area contributed by atoms with Crippen molar-refractivity contribution in [2.24, 2.45) is 0 Å². The Kier molecular flexibility index (Phi) is 5.69. The third kappa shape index (κ3) is 4.35. The normalized spacial score (nSPS) is 10.8. The number of benzene rings is 3. The smallest absolute Gasteiger partial charge is 0.310 e. The largest absolute Gasteiger partial charge is 0.477 e. The first kappa shape index (κ1) is 21.2. The number of anilines is 1. The lowest BCUT2D eigenvalue weighted by molar-refractivity contribution is -0.385. The molecule has 0 saturated heterocycles. The summed E-state index contributed by atoms with van der Waals surface area (Å²) in [5.74, 6) is -2.81. The number of nitro benzene ring substituents is 1. The van der Waals surface area contributed by atoms with Crippen LogP contribution in [0.25, 0.3) is 22.6 Å². The summed E-state index contributed by atoms with van der Waals surface area (Å²) in [7, 11) is 0. The Morgan fingerprint density at radius 2 is 1.91 bits per heavy atom. The van der Waals surface area contributed by atoms with Crippen LogP contribution in [0.5, 0.6) is 5.75 Å². The molecule has 4 rings (SSSR count). The topological polar surface area (TPSA) is 108 Å². The van der Waals surface area contributed by atoms with Crippen molar-refractivity contribution in [1.29, 1.82) is 0 Å². The fraction of sp³-hybridized carbons (Fsp3) is 0.0476. The third-order valence-corrected chi connectivity index (χ3v) is 4.65. The summed E-state index contributed by atoms with van der Waals surface area (Å²) in [5.41, 5.74) is 0.830. The average Bonchev–Trinajstić information content (AvgIpc) is 3.18. The highest BCUT2D eigenvalue weighted by atomic mass is 35.5. The monoisotopic (exact) mass is 459 g/mol. The molecule has 0 saturated carbocycles. The van der Waals surface area contributed by atoms with Gasteiger partial charge in [-0.2, -0.15) is 0 Å². The van der Waals surface area contributed by atoms with Crippen molar-refractivity contribution in [2.75, 3.05) is 11.9 Å². The van der Waals surface area contributed by atoms with E-state index in [2.05, 4.69) is 10.3 Å². The molecule has 4 aromatic rings. The van der Waals surface area contributed by atoms with Gasteiger partial charge in [0.1, 0.15) is 5.52 Å². The number of hydrogen-bond donors (Lipinski definition) is 1. The molecule has 0 unspecified atom stereocenters. The fourth-order valence-electron chi connectivity index (χ4n) is 2.88. The molecule has 1 amide bonds. The van der Waals surface area contributed by atoms with E-state index in [1.165, 1.54) is 36.4 Å². The lowest BCUT2D eigenvalue weighted by atomic mass is 10.2. The maximum absolute atomic E-state index is 13.6. The van der Waals surface area contributed by atoms with Gasteiger partial charge in [-0.25, -0.2) is 13.8 Å². The second-order valence-corrected chi connectivity index (χ2v) is 6.92. The van der Waals surface area contributed by atoms with Crippen LogP contribution < -0.4 is 10.1 Å². The van der Waals surface area contributed by atoms with E-state index in [0.29, 0.717) is 16.8 Å².